The van der Waals surface area contributed by atoms with E-state index in [1.807, 2.05) is 4.57 Å². The smallest absolute Gasteiger partial charge is 0.306 e. The van der Waals surface area contributed by atoms with E-state index < -0.39 is 0 Å². The zero-order chi connectivity index (χ0) is 13.4. The predicted molar refractivity (Wildman–Crippen MR) is 73.0 cm³/mol. The number of nitriles is 1. The summed E-state index contributed by atoms with van der Waals surface area (Å²) < 4.78 is 1.82. The van der Waals surface area contributed by atoms with Crippen LogP contribution in [0, 0.1) is 11.3 Å². The van der Waals surface area contributed by atoms with Crippen molar-refractivity contribution < 1.29 is 0 Å². The number of rotatable bonds is 1. The SMILES string of the molecule is CN1CCC(n2c(=O)[nH]c3ccc(C#N)cc32)CC1. The van der Waals surface area contributed by atoms with Gasteiger partial charge < -0.3 is 9.88 Å². The van der Waals surface area contributed by atoms with Crippen LogP contribution < -0.4 is 5.69 Å². The summed E-state index contributed by atoms with van der Waals surface area (Å²) in [5.74, 6) is 0. The molecule has 3 rings (SSSR count). The van der Waals surface area contributed by atoms with Gasteiger partial charge in [-0.2, -0.15) is 5.26 Å². The summed E-state index contributed by atoms with van der Waals surface area (Å²) >= 11 is 0. The molecule has 1 aliphatic rings. The molecule has 0 unspecified atom stereocenters. The minimum absolute atomic E-state index is 0.0698. The highest BCUT2D eigenvalue weighted by Gasteiger charge is 2.21. The van der Waals surface area contributed by atoms with Gasteiger partial charge in [-0.25, -0.2) is 4.79 Å². The van der Waals surface area contributed by atoms with Gasteiger partial charge in [0.2, 0.25) is 0 Å². The van der Waals surface area contributed by atoms with Gasteiger partial charge in [-0.05, 0) is 51.2 Å². The minimum Gasteiger partial charge on any atom is -0.306 e. The second-order valence-corrected chi connectivity index (χ2v) is 5.18. The van der Waals surface area contributed by atoms with Crippen LogP contribution in [0.15, 0.2) is 23.0 Å². The molecule has 0 atom stereocenters. The lowest BCUT2D eigenvalue weighted by Gasteiger charge is -2.29. The normalized spacial score (nSPS) is 17.7. The fourth-order valence-electron chi connectivity index (χ4n) is 2.81. The van der Waals surface area contributed by atoms with Crippen molar-refractivity contribution in [1.29, 1.82) is 5.26 Å². The number of nitrogens with one attached hydrogen (secondary N) is 1. The highest BCUT2D eigenvalue weighted by Crippen LogP contribution is 2.24. The van der Waals surface area contributed by atoms with E-state index in [2.05, 4.69) is 23.0 Å². The highest BCUT2D eigenvalue weighted by molar-refractivity contribution is 5.77. The first-order chi connectivity index (χ1) is 9.19. The molecule has 1 aromatic carbocycles. The number of fused-ring (bicyclic) bond motifs is 1. The number of imidazole rings is 1. The number of hydrogen-bond acceptors (Lipinski definition) is 3. The number of nitrogens with zero attached hydrogens (tertiary/aromatic N) is 3. The number of aromatic amines is 1. The molecule has 19 heavy (non-hydrogen) atoms. The molecule has 5 nitrogen and oxygen atoms in total. The van der Waals surface area contributed by atoms with Gasteiger partial charge in [0.25, 0.3) is 0 Å². The Kier molecular flexibility index (Phi) is 2.88. The average molecular weight is 256 g/mol. The molecule has 2 heterocycles. The lowest BCUT2D eigenvalue weighted by atomic mass is 10.0. The van der Waals surface area contributed by atoms with Crippen LogP contribution in [0.1, 0.15) is 24.4 Å². The van der Waals surface area contributed by atoms with Crippen LogP contribution in [-0.4, -0.2) is 34.6 Å². The first-order valence-electron chi connectivity index (χ1n) is 6.52. The second-order valence-electron chi connectivity index (χ2n) is 5.18. The molecular formula is C14H16N4O. The first kappa shape index (κ1) is 12.0. The van der Waals surface area contributed by atoms with E-state index in [0.29, 0.717) is 5.56 Å². The van der Waals surface area contributed by atoms with E-state index in [4.69, 9.17) is 5.26 Å². The van der Waals surface area contributed by atoms with Crippen LogP contribution >= 0.6 is 0 Å². The Labute approximate surface area is 111 Å². The molecule has 1 N–H and O–H groups in total. The summed E-state index contributed by atoms with van der Waals surface area (Å²) in [5.41, 5.74) is 2.18. The van der Waals surface area contributed by atoms with Crippen LogP contribution in [0.4, 0.5) is 0 Å². The average Bonchev–Trinajstić information content (AvgIpc) is 2.75. The highest BCUT2D eigenvalue weighted by atomic mass is 16.1. The zero-order valence-corrected chi connectivity index (χ0v) is 10.9. The number of aromatic nitrogens is 2. The van der Waals surface area contributed by atoms with Gasteiger partial charge in [0.05, 0.1) is 22.7 Å². The van der Waals surface area contributed by atoms with Crippen LogP contribution in [0.5, 0.6) is 0 Å². The predicted octanol–water partition coefficient (Wildman–Crippen LogP) is 1.47. The second kappa shape index (κ2) is 4.56. The zero-order valence-electron chi connectivity index (χ0n) is 10.9. The van der Waals surface area contributed by atoms with E-state index in [1.54, 1.807) is 18.2 Å². The largest absolute Gasteiger partial charge is 0.326 e. The summed E-state index contributed by atoms with van der Waals surface area (Å²) in [6, 6.07) is 7.69. The summed E-state index contributed by atoms with van der Waals surface area (Å²) in [7, 11) is 2.10. The Morgan fingerprint density at radius 2 is 2.11 bits per heavy atom. The van der Waals surface area contributed by atoms with Crippen molar-refractivity contribution in [3.63, 3.8) is 0 Å². The third kappa shape index (κ3) is 2.04. The van der Waals surface area contributed by atoms with Crippen molar-refractivity contribution in [2.75, 3.05) is 20.1 Å². The Morgan fingerprint density at radius 1 is 1.37 bits per heavy atom. The Balaban J connectivity index is 2.09. The fourth-order valence-corrected chi connectivity index (χ4v) is 2.81. The maximum atomic E-state index is 12.1. The summed E-state index contributed by atoms with van der Waals surface area (Å²) in [6.45, 7) is 2.00. The van der Waals surface area contributed by atoms with Gasteiger partial charge in [-0.3, -0.25) is 4.57 Å². The van der Waals surface area contributed by atoms with E-state index in [9.17, 15) is 4.79 Å². The van der Waals surface area contributed by atoms with Gasteiger partial charge >= 0.3 is 5.69 Å². The van der Waals surface area contributed by atoms with Crippen LogP contribution in [-0.2, 0) is 0 Å². The van der Waals surface area contributed by atoms with Crippen LogP contribution in [0.2, 0.25) is 0 Å². The maximum Gasteiger partial charge on any atom is 0.326 e. The number of benzene rings is 1. The van der Waals surface area contributed by atoms with E-state index in [1.165, 1.54) is 0 Å². The van der Waals surface area contributed by atoms with Crippen molar-refractivity contribution in [1.82, 2.24) is 14.5 Å². The molecule has 0 amide bonds. The van der Waals surface area contributed by atoms with E-state index in [-0.39, 0.29) is 11.7 Å². The molecule has 1 saturated heterocycles. The lowest BCUT2D eigenvalue weighted by Crippen LogP contribution is -2.34. The summed E-state index contributed by atoms with van der Waals surface area (Å²) in [4.78, 5) is 17.3. The van der Waals surface area contributed by atoms with Crippen LogP contribution in [0.3, 0.4) is 0 Å². The number of piperidine rings is 1. The Bertz CT molecular complexity index is 698. The number of likely N-dealkylation sites (tertiary alicyclic amines) is 1. The molecule has 0 radical (unpaired) electrons. The van der Waals surface area contributed by atoms with Crippen molar-refractivity contribution in [3.05, 3.63) is 34.2 Å². The van der Waals surface area contributed by atoms with Crippen molar-refractivity contribution in [2.45, 2.75) is 18.9 Å². The summed E-state index contributed by atoms with van der Waals surface area (Å²) in [5, 5.41) is 8.99. The molecule has 5 heteroatoms. The van der Waals surface area contributed by atoms with Gasteiger partial charge in [0, 0.05) is 6.04 Å². The van der Waals surface area contributed by atoms with Crippen molar-refractivity contribution >= 4 is 11.0 Å². The van der Waals surface area contributed by atoms with E-state index in [0.717, 1.165) is 37.0 Å². The molecule has 1 fully saturated rings. The summed E-state index contributed by atoms with van der Waals surface area (Å²) in [6.07, 6.45) is 1.94. The topological polar surface area (TPSA) is 64.8 Å². The third-order valence-corrected chi connectivity index (χ3v) is 3.90. The lowest BCUT2D eigenvalue weighted by molar-refractivity contribution is 0.221. The van der Waals surface area contributed by atoms with E-state index >= 15 is 0 Å². The first-order valence-corrected chi connectivity index (χ1v) is 6.52. The van der Waals surface area contributed by atoms with Crippen molar-refractivity contribution in [3.8, 4) is 6.07 Å². The monoisotopic (exact) mass is 256 g/mol. The molecule has 1 aliphatic heterocycles. The number of H-pyrrole nitrogens is 1. The van der Waals surface area contributed by atoms with Gasteiger partial charge in [0.15, 0.2) is 0 Å². The maximum absolute atomic E-state index is 12.1. The molecule has 0 spiro atoms. The molecule has 0 saturated carbocycles. The molecule has 1 aromatic heterocycles. The van der Waals surface area contributed by atoms with Gasteiger partial charge in [0.1, 0.15) is 0 Å². The molecular weight excluding hydrogens is 240 g/mol. The number of hydrogen-bond donors (Lipinski definition) is 1. The van der Waals surface area contributed by atoms with Crippen LogP contribution in [0.25, 0.3) is 11.0 Å². The fraction of sp³-hybridized carbons (Fsp3) is 0.429. The molecule has 98 valence electrons. The quantitative estimate of drug-likeness (QED) is 0.840. The Hall–Kier alpha value is -2.06. The molecule has 0 aliphatic carbocycles. The van der Waals surface area contributed by atoms with Crippen molar-refractivity contribution in [2.24, 2.45) is 0 Å². The standard InChI is InChI=1S/C14H16N4O/c1-17-6-4-11(5-7-17)18-13-8-10(9-15)2-3-12(13)16-14(18)19/h2-3,8,11H,4-7H2,1H3,(H,16,19). The Morgan fingerprint density at radius 3 is 2.79 bits per heavy atom. The van der Waals surface area contributed by atoms with Gasteiger partial charge in [-0.1, -0.05) is 0 Å². The minimum atomic E-state index is -0.0698. The third-order valence-electron chi connectivity index (χ3n) is 3.90. The van der Waals surface area contributed by atoms with Gasteiger partial charge in [-0.15, -0.1) is 0 Å². The molecule has 2 aromatic rings. The molecule has 0 bridgehead atoms.